The molecule has 1 aromatic heterocycles. The molecule has 252 valence electrons. The lowest BCUT2D eigenvalue weighted by Crippen LogP contribution is -2.55. The molecule has 0 saturated heterocycles. The summed E-state index contributed by atoms with van der Waals surface area (Å²) in [5, 5.41) is 40.0. The molecule has 2 aliphatic carbocycles. The molecule has 2 amide bonds. The number of nitrogens with zero attached hydrogens (tertiary/aromatic N) is 1. The first-order valence-corrected chi connectivity index (χ1v) is 17.7. The quantitative estimate of drug-likeness (QED) is 0.120. The molecule has 47 heavy (non-hydrogen) atoms. The summed E-state index contributed by atoms with van der Waals surface area (Å²) in [4.78, 5) is 32.8. The lowest BCUT2D eigenvalue weighted by atomic mass is 9.79. The Hall–Kier alpha value is -3.44. The number of pyridine rings is 1. The van der Waals surface area contributed by atoms with E-state index in [1.165, 1.54) is 18.0 Å². The van der Waals surface area contributed by atoms with E-state index in [1.807, 2.05) is 68.4 Å². The van der Waals surface area contributed by atoms with Crippen molar-refractivity contribution in [3.63, 3.8) is 0 Å². The highest BCUT2D eigenvalue weighted by Crippen LogP contribution is 2.34. The Morgan fingerprint density at radius 3 is 2.43 bits per heavy atom. The molecule has 2 aromatic carbocycles. The largest absolute Gasteiger partial charge is 0.480 e. The minimum absolute atomic E-state index is 0.0866. The van der Waals surface area contributed by atoms with Gasteiger partial charge < -0.3 is 30.7 Å². The summed E-state index contributed by atoms with van der Waals surface area (Å²) in [6.45, 7) is 3.64. The number of thioether (sulfide) groups is 1. The number of aromatic nitrogens is 1. The Morgan fingerprint density at radius 1 is 0.957 bits per heavy atom. The highest BCUT2D eigenvalue weighted by Gasteiger charge is 2.42. The van der Waals surface area contributed by atoms with Crippen LogP contribution in [-0.4, -0.2) is 62.4 Å². The van der Waals surface area contributed by atoms with Crippen LogP contribution in [0.2, 0.25) is 0 Å². The highest BCUT2D eigenvalue weighted by molar-refractivity contribution is 7.99. The maximum absolute atomic E-state index is 13.7. The van der Waals surface area contributed by atoms with E-state index in [0.29, 0.717) is 18.6 Å². The van der Waals surface area contributed by atoms with Gasteiger partial charge in [-0.1, -0.05) is 100 Å². The number of fused-ring (bicyclic) bond motifs is 1. The van der Waals surface area contributed by atoms with Gasteiger partial charge >= 0.3 is 0 Å². The normalized spacial score (nSPS) is 20.6. The van der Waals surface area contributed by atoms with Crippen molar-refractivity contribution in [2.24, 2.45) is 17.8 Å². The Kier molecular flexibility index (Phi) is 12.3. The second kappa shape index (κ2) is 16.6. The zero-order valence-electron chi connectivity index (χ0n) is 27.1. The molecule has 0 radical (unpaired) electrons. The maximum Gasteiger partial charge on any atom is 0.274 e. The van der Waals surface area contributed by atoms with E-state index in [1.54, 1.807) is 12.1 Å². The van der Waals surface area contributed by atoms with Crippen LogP contribution in [0.1, 0.15) is 80.0 Å². The van der Waals surface area contributed by atoms with Crippen LogP contribution in [0.3, 0.4) is 0 Å². The Balaban J connectivity index is 1.31. The van der Waals surface area contributed by atoms with Crippen LogP contribution in [0.5, 0.6) is 5.75 Å². The van der Waals surface area contributed by atoms with E-state index in [4.69, 9.17) is 4.74 Å². The van der Waals surface area contributed by atoms with Crippen LogP contribution in [0.15, 0.2) is 77.8 Å². The van der Waals surface area contributed by atoms with Crippen LogP contribution in [0, 0.1) is 17.8 Å². The molecule has 0 spiro atoms. The molecular formula is C37H47N3O6S. The molecule has 5 rings (SSSR count). The number of hydrogen-bond acceptors (Lipinski definition) is 8. The summed E-state index contributed by atoms with van der Waals surface area (Å²) in [7, 11) is 0. The van der Waals surface area contributed by atoms with Crippen LogP contribution >= 0.6 is 11.8 Å². The van der Waals surface area contributed by atoms with Gasteiger partial charge in [-0.05, 0) is 53.6 Å². The van der Waals surface area contributed by atoms with Crippen molar-refractivity contribution in [2.75, 3.05) is 5.94 Å². The third kappa shape index (κ3) is 8.93. The fraction of sp³-hybridized carbons (Fsp3) is 0.486. The van der Waals surface area contributed by atoms with Gasteiger partial charge in [0.2, 0.25) is 5.91 Å². The van der Waals surface area contributed by atoms with Gasteiger partial charge in [0.25, 0.3) is 5.91 Å². The molecule has 1 saturated carbocycles. The zero-order chi connectivity index (χ0) is 33.3. The number of amides is 2. The minimum atomic E-state index is -1.47. The minimum Gasteiger partial charge on any atom is -0.480 e. The fourth-order valence-electron chi connectivity index (χ4n) is 6.96. The second-order valence-electron chi connectivity index (χ2n) is 13.1. The van der Waals surface area contributed by atoms with Crippen LogP contribution in [0.25, 0.3) is 0 Å². The van der Waals surface area contributed by atoms with E-state index < -0.39 is 48.1 Å². The predicted octanol–water partition coefficient (Wildman–Crippen LogP) is 5.05. The number of hydrogen-bond donors (Lipinski definition) is 5. The Labute approximate surface area is 281 Å². The summed E-state index contributed by atoms with van der Waals surface area (Å²) in [6.07, 6.45) is 3.95. The smallest absolute Gasteiger partial charge is 0.274 e. The second-order valence-corrected chi connectivity index (χ2v) is 14.1. The summed E-state index contributed by atoms with van der Waals surface area (Å²) >= 11 is 1.49. The number of aliphatic hydroxyl groups is 3. The molecule has 10 heteroatoms. The van der Waals surface area contributed by atoms with Crippen molar-refractivity contribution in [3.05, 3.63) is 89.7 Å². The van der Waals surface area contributed by atoms with Gasteiger partial charge in [-0.25, -0.2) is 4.98 Å². The van der Waals surface area contributed by atoms with E-state index in [-0.39, 0.29) is 23.5 Å². The molecule has 0 bridgehead atoms. The lowest BCUT2D eigenvalue weighted by molar-refractivity contribution is -0.137. The first-order chi connectivity index (χ1) is 22.7. The van der Waals surface area contributed by atoms with E-state index in [9.17, 15) is 24.9 Å². The third-order valence-corrected chi connectivity index (χ3v) is 10.3. The highest BCUT2D eigenvalue weighted by atomic mass is 32.2. The summed E-state index contributed by atoms with van der Waals surface area (Å²) in [6, 6.07) is 19.3. The number of aliphatic hydroxyl groups excluding tert-OH is 3. The van der Waals surface area contributed by atoms with Gasteiger partial charge in [0.05, 0.1) is 30.2 Å². The van der Waals surface area contributed by atoms with Gasteiger partial charge in [-0.2, -0.15) is 0 Å². The molecular weight excluding hydrogens is 614 g/mol. The van der Waals surface area contributed by atoms with Crippen molar-refractivity contribution < 1.29 is 29.6 Å². The fourth-order valence-corrected chi connectivity index (χ4v) is 7.63. The number of benzene rings is 2. The molecule has 1 heterocycles. The SMILES string of the molecule is CC(C)[C@@H](C(=O)N[C@H]1c2ccccc2C[C@H]1O)[C@@H](O)[C@H](O)[C@H](CC1CCCCC1)NC(=O)c1ncccc1OCSc1ccccc1. The van der Waals surface area contributed by atoms with Crippen molar-refractivity contribution >= 4 is 23.6 Å². The standard InChI is InChI=1S/C37H47N3O6S/c1-23(2)31(36(44)40-32-27-17-10-9-14-25(27)21-29(32)41)35(43)34(42)28(20-24-12-5-3-6-13-24)39-37(45)33-30(18-11-19-38-33)46-22-47-26-15-7-4-8-16-26/h4,7-11,14-19,23-24,28-29,31-32,34-35,41-43H,3,5-6,12-13,20-22H2,1-2H3,(H,39,45)(H,40,44)/t28-,29+,31+,32-,34+,35+/m0/s1. The summed E-state index contributed by atoms with van der Waals surface area (Å²) in [5.41, 5.74) is 1.91. The van der Waals surface area contributed by atoms with Gasteiger partial charge in [0.1, 0.15) is 12.0 Å². The van der Waals surface area contributed by atoms with E-state index in [0.717, 1.165) is 48.1 Å². The van der Waals surface area contributed by atoms with Gasteiger partial charge in [0, 0.05) is 17.5 Å². The Morgan fingerprint density at radius 2 is 1.68 bits per heavy atom. The van der Waals surface area contributed by atoms with Crippen molar-refractivity contribution in [2.45, 2.75) is 94.1 Å². The van der Waals surface area contributed by atoms with Crippen molar-refractivity contribution in [1.29, 1.82) is 0 Å². The summed E-state index contributed by atoms with van der Waals surface area (Å²) < 4.78 is 5.95. The first kappa shape index (κ1) is 34.9. The lowest BCUT2D eigenvalue weighted by Gasteiger charge is -2.36. The zero-order valence-corrected chi connectivity index (χ0v) is 27.9. The number of nitrogens with one attached hydrogen (secondary N) is 2. The average Bonchev–Trinajstić information content (AvgIpc) is 3.39. The number of carbonyl (C=O) groups is 2. The molecule has 6 atom stereocenters. The first-order valence-electron chi connectivity index (χ1n) is 16.7. The van der Waals surface area contributed by atoms with Gasteiger partial charge in [-0.3, -0.25) is 9.59 Å². The molecule has 1 fully saturated rings. The summed E-state index contributed by atoms with van der Waals surface area (Å²) in [5.74, 6) is -1.45. The topological polar surface area (TPSA) is 141 Å². The molecule has 2 aliphatic rings. The molecule has 5 N–H and O–H groups in total. The van der Waals surface area contributed by atoms with Crippen LogP contribution in [0.4, 0.5) is 0 Å². The van der Waals surface area contributed by atoms with Crippen molar-refractivity contribution in [1.82, 2.24) is 15.6 Å². The molecule has 0 aliphatic heterocycles. The van der Waals surface area contributed by atoms with E-state index >= 15 is 0 Å². The molecule has 3 aromatic rings. The number of ether oxygens (including phenoxy) is 1. The number of carbonyl (C=O) groups excluding carboxylic acids is 2. The van der Waals surface area contributed by atoms with E-state index in [2.05, 4.69) is 15.6 Å². The van der Waals surface area contributed by atoms with Gasteiger partial charge in [-0.15, -0.1) is 0 Å². The Bertz CT molecular complexity index is 1470. The molecule has 9 nitrogen and oxygen atoms in total. The van der Waals surface area contributed by atoms with Crippen LogP contribution in [-0.2, 0) is 11.2 Å². The third-order valence-electron chi connectivity index (χ3n) is 9.45. The molecule has 0 unspecified atom stereocenters. The predicted molar refractivity (Wildman–Crippen MR) is 182 cm³/mol. The van der Waals surface area contributed by atoms with Crippen LogP contribution < -0.4 is 15.4 Å². The average molecular weight is 662 g/mol. The van der Waals surface area contributed by atoms with Gasteiger partial charge in [0.15, 0.2) is 11.4 Å². The number of rotatable bonds is 14. The monoisotopic (exact) mass is 661 g/mol. The maximum atomic E-state index is 13.7. The van der Waals surface area contributed by atoms with Crippen molar-refractivity contribution in [3.8, 4) is 5.75 Å².